The standard InChI is InChI=1S/C29H36O8.C25H28O6/c1-9-23(30)36-21-17-15-19(25(32-11-3)27(21)34-13-5)29(7,8)20-16-18-22(37-24(31)10-2)28(35-14-6)26(20)33-12-4;1-5-23(26)30-17-15-28-21-11-7-19(8-12-21)25(3,4)20-9-13-22(14-10-20)29-16-18-31-24(27)6-2/h9-10,15-18H,1-2,11-14H2,3-8H3;5-14H,1-2,15-18H2,3-4H3. The van der Waals surface area contributed by atoms with E-state index in [-0.39, 0.29) is 43.3 Å². The maximum Gasteiger partial charge on any atom is 0.335 e. The Morgan fingerprint density at radius 2 is 0.735 bits per heavy atom. The molecule has 0 aliphatic rings. The molecule has 4 aromatic carbocycles. The van der Waals surface area contributed by atoms with Crippen LogP contribution in [0.1, 0.15) is 77.6 Å². The van der Waals surface area contributed by atoms with Gasteiger partial charge in [-0.3, -0.25) is 0 Å². The molecular weight excluding hydrogens is 873 g/mol. The Labute approximate surface area is 400 Å². The first kappa shape index (κ1) is 54.9. The summed E-state index contributed by atoms with van der Waals surface area (Å²) < 4.78 is 55.7. The lowest BCUT2D eigenvalue weighted by molar-refractivity contribution is -0.139. The molecule has 4 aromatic rings. The lowest BCUT2D eigenvalue weighted by Crippen LogP contribution is -2.23. The van der Waals surface area contributed by atoms with Crippen molar-refractivity contribution in [3.05, 3.63) is 146 Å². The summed E-state index contributed by atoms with van der Waals surface area (Å²) in [7, 11) is 0. The second-order valence-corrected chi connectivity index (χ2v) is 15.3. The van der Waals surface area contributed by atoms with Crippen LogP contribution in [-0.2, 0) is 39.5 Å². The van der Waals surface area contributed by atoms with Crippen molar-refractivity contribution in [2.24, 2.45) is 0 Å². The first-order chi connectivity index (χ1) is 32.6. The highest BCUT2D eigenvalue weighted by molar-refractivity contribution is 5.85. The van der Waals surface area contributed by atoms with Crippen molar-refractivity contribution in [3.8, 4) is 46.0 Å². The van der Waals surface area contributed by atoms with Gasteiger partial charge < -0.3 is 47.4 Å². The summed E-state index contributed by atoms with van der Waals surface area (Å²) in [5.41, 5.74) is 2.82. The van der Waals surface area contributed by atoms with E-state index in [0.717, 1.165) is 46.6 Å². The molecular formula is C54H64O14. The Kier molecular flexibility index (Phi) is 22.0. The van der Waals surface area contributed by atoms with Crippen LogP contribution in [0, 0.1) is 0 Å². The van der Waals surface area contributed by atoms with Crippen LogP contribution in [0.3, 0.4) is 0 Å². The third-order valence-electron chi connectivity index (χ3n) is 10.1. The molecule has 0 heterocycles. The smallest absolute Gasteiger partial charge is 0.335 e. The number of carbonyl (C=O) groups excluding carboxylic acids is 4. The van der Waals surface area contributed by atoms with Crippen molar-refractivity contribution in [2.45, 2.75) is 66.2 Å². The van der Waals surface area contributed by atoms with Gasteiger partial charge in [0, 0.05) is 46.3 Å². The van der Waals surface area contributed by atoms with Crippen molar-refractivity contribution in [1.29, 1.82) is 0 Å². The average Bonchev–Trinajstić information content (AvgIpc) is 3.33. The zero-order chi connectivity index (χ0) is 50.3. The minimum absolute atomic E-state index is 0.170. The molecule has 0 fully saturated rings. The Hall–Kier alpha value is -7.48. The Morgan fingerprint density at radius 3 is 1.04 bits per heavy atom. The van der Waals surface area contributed by atoms with Crippen LogP contribution in [0.15, 0.2) is 123 Å². The lowest BCUT2D eigenvalue weighted by atomic mass is 9.76. The van der Waals surface area contributed by atoms with E-state index in [4.69, 9.17) is 47.4 Å². The molecule has 0 aromatic heterocycles. The molecule has 0 unspecified atom stereocenters. The van der Waals surface area contributed by atoms with Gasteiger partial charge in [-0.1, -0.05) is 90.4 Å². The minimum atomic E-state index is -0.728. The molecule has 0 spiro atoms. The summed E-state index contributed by atoms with van der Waals surface area (Å²) in [6, 6.07) is 22.6. The van der Waals surface area contributed by atoms with E-state index in [0.29, 0.717) is 60.9 Å². The fourth-order valence-electron chi connectivity index (χ4n) is 6.64. The van der Waals surface area contributed by atoms with Crippen molar-refractivity contribution in [2.75, 3.05) is 52.9 Å². The third kappa shape index (κ3) is 15.3. The van der Waals surface area contributed by atoms with E-state index >= 15 is 0 Å². The van der Waals surface area contributed by atoms with E-state index in [1.54, 1.807) is 12.1 Å². The molecule has 0 atom stereocenters. The molecule has 14 heteroatoms. The number of rotatable bonds is 26. The van der Waals surface area contributed by atoms with Crippen molar-refractivity contribution in [3.63, 3.8) is 0 Å². The molecule has 14 nitrogen and oxygen atoms in total. The van der Waals surface area contributed by atoms with E-state index < -0.39 is 29.3 Å². The largest absolute Gasteiger partial charge is 0.490 e. The summed E-state index contributed by atoms with van der Waals surface area (Å²) in [4.78, 5) is 45.9. The third-order valence-corrected chi connectivity index (χ3v) is 10.1. The van der Waals surface area contributed by atoms with Crippen LogP contribution in [0.2, 0.25) is 0 Å². The summed E-state index contributed by atoms with van der Waals surface area (Å²) in [6.45, 7) is 31.5. The van der Waals surface area contributed by atoms with Gasteiger partial charge >= 0.3 is 23.9 Å². The van der Waals surface area contributed by atoms with Gasteiger partial charge in [0.2, 0.25) is 11.5 Å². The van der Waals surface area contributed by atoms with Gasteiger partial charge in [0.1, 0.15) is 37.9 Å². The van der Waals surface area contributed by atoms with Gasteiger partial charge in [-0.15, -0.1) is 0 Å². The van der Waals surface area contributed by atoms with Gasteiger partial charge in [-0.2, -0.15) is 0 Å². The Bertz CT molecular complexity index is 2180. The summed E-state index contributed by atoms with van der Waals surface area (Å²) in [5, 5.41) is 0. The normalized spacial score (nSPS) is 10.7. The van der Waals surface area contributed by atoms with Crippen LogP contribution in [0.25, 0.3) is 0 Å². The molecule has 0 N–H and O–H groups in total. The van der Waals surface area contributed by atoms with Crippen molar-refractivity contribution < 1.29 is 66.5 Å². The van der Waals surface area contributed by atoms with Crippen molar-refractivity contribution in [1.82, 2.24) is 0 Å². The average molecular weight is 937 g/mol. The predicted molar refractivity (Wildman–Crippen MR) is 260 cm³/mol. The van der Waals surface area contributed by atoms with Crippen molar-refractivity contribution >= 4 is 23.9 Å². The quantitative estimate of drug-likeness (QED) is 0.0253. The molecule has 0 saturated carbocycles. The number of hydrogen-bond donors (Lipinski definition) is 0. The van der Waals surface area contributed by atoms with E-state index in [1.807, 2.05) is 102 Å². The SMILES string of the molecule is C=CC(=O)OCCOc1ccc(C(C)(C)c2ccc(OCCOC(=O)C=C)cc2)cc1.C=CC(=O)Oc1ccc(C(C)(C)c2ccc(OC(=O)C=C)c(OCC)c2OCC)c(OCC)c1OCC. The Balaban J connectivity index is 0.000000366. The molecule has 0 amide bonds. The zero-order valence-electron chi connectivity index (χ0n) is 40.4. The summed E-state index contributed by atoms with van der Waals surface area (Å²) >= 11 is 0. The molecule has 364 valence electrons. The lowest BCUT2D eigenvalue weighted by Gasteiger charge is -2.32. The number of benzene rings is 4. The summed E-state index contributed by atoms with van der Waals surface area (Å²) in [5.74, 6) is 1.20. The number of ether oxygens (including phenoxy) is 10. The molecule has 0 saturated heterocycles. The van der Waals surface area contributed by atoms with Crippen LogP contribution in [0.4, 0.5) is 0 Å². The monoisotopic (exact) mass is 936 g/mol. The second-order valence-electron chi connectivity index (χ2n) is 15.3. The topological polar surface area (TPSA) is 161 Å². The predicted octanol–water partition coefficient (Wildman–Crippen LogP) is 10.0. The summed E-state index contributed by atoms with van der Waals surface area (Å²) in [6.07, 6.45) is 4.41. The Morgan fingerprint density at radius 1 is 0.412 bits per heavy atom. The molecule has 0 bridgehead atoms. The van der Waals surface area contributed by atoms with E-state index in [9.17, 15) is 19.2 Å². The van der Waals surface area contributed by atoms with Gasteiger partial charge in [0.15, 0.2) is 23.0 Å². The number of hydrogen-bond acceptors (Lipinski definition) is 14. The fraction of sp³-hybridized carbons (Fsp3) is 0.333. The second kappa shape index (κ2) is 27.2. The van der Waals surface area contributed by atoms with Crippen LogP contribution in [-0.4, -0.2) is 76.7 Å². The van der Waals surface area contributed by atoms with Crippen LogP contribution >= 0.6 is 0 Å². The van der Waals surface area contributed by atoms with Gasteiger partial charge in [-0.25, -0.2) is 19.2 Å². The van der Waals surface area contributed by atoms with Crippen LogP contribution in [0.5, 0.6) is 46.0 Å². The van der Waals surface area contributed by atoms with E-state index in [1.165, 1.54) is 0 Å². The molecule has 0 aliphatic carbocycles. The van der Waals surface area contributed by atoms with Crippen LogP contribution < -0.4 is 37.9 Å². The maximum absolute atomic E-state index is 11.9. The highest BCUT2D eigenvalue weighted by Gasteiger charge is 2.35. The molecule has 0 radical (unpaired) electrons. The first-order valence-corrected chi connectivity index (χ1v) is 22.2. The van der Waals surface area contributed by atoms with Gasteiger partial charge in [-0.05, 0) is 75.2 Å². The highest BCUT2D eigenvalue weighted by atomic mass is 16.6. The fourth-order valence-corrected chi connectivity index (χ4v) is 6.64. The maximum atomic E-state index is 11.9. The van der Waals surface area contributed by atoms with E-state index in [2.05, 4.69) is 40.2 Å². The number of esters is 4. The number of carbonyl (C=O) groups is 4. The molecule has 68 heavy (non-hydrogen) atoms. The zero-order valence-corrected chi connectivity index (χ0v) is 40.4. The molecule has 0 aliphatic heterocycles. The molecule has 4 rings (SSSR count). The first-order valence-electron chi connectivity index (χ1n) is 22.2. The highest BCUT2D eigenvalue weighted by Crippen LogP contribution is 2.52. The van der Waals surface area contributed by atoms with Gasteiger partial charge in [0.25, 0.3) is 0 Å². The minimum Gasteiger partial charge on any atom is -0.490 e. The van der Waals surface area contributed by atoms with Gasteiger partial charge in [0.05, 0.1) is 26.4 Å².